The van der Waals surface area contributed by atoms with Crippen LogP contribution in [-0.4, -0.2) is 47.1 Å². The SMILES string of the molecule is Cl.O=C(CCCc1nc(-c2ccc(Cl)cc2)no1)N1CCCNCC1. The molecule has 0 unspecified atom stereocenters. The summed E-state index contributed by atoms with van der Waals surface area (Å²) in [6.45, 7) is 3.49. The lowest BCUT2D eigenvalue weighted by Crippen LogP contribution is -2.34. The molecular formula is C17H22Cl2N4O2. The van der Waals surface area contributed by atoms with Crippen LogP contribution in [0.25, 0.3) is 11.4 Å². The standard InChI is InChI=1S/C17H21ClN4O2.ClH/c18-14-7-5-13(6-8-14)17-20-15(24-21-17)3-1-4-16(23)22-11-2-9-19-10-12-22;/h5-8,19H,1-4,9-12H2;1H. The number of rotatable bonds is 5. The van der Waals surface area contributed by atoms with Crippen LogP contribution in [0.3, 0.4) is 0 Å². The maximum absolute atomic E-state index is 12.2. The highest BCUT2D eigenvalue weighted by molar-refractivity contribution is 6.30. The average Bonchev–Trinajstić information content (AvgIpc) is 2.89. The maximum Gasteiger partial charge on any atom is 0.226 e. The van der Waals surface area contributed by atoms with Gasteiger partial charge in [0.25, 0.3) is 0 Å². The Bertz CT molecular complexity index is 668. The molecule has 1 N–H and O–H groups in total. The minimum Gasteiger partial charge on any atom is -0.341 e. The average molecular weight is 385 g/mol. The van der Waals surface area contributed by atoms with Crippen molar-refractivity contribution in [2.24, 2.45) is 0 Å². The lowest BCUT2D eigenvalue weighted by atomic mass is 10.2. The Labute approximate surface area is 158 Å². The van der Waals surface area contributed by atoms with Crippen LogP contribution in [0.15, 0.2) is 28.8 Å². The molecule has 0 bridgehead atoms. The lowest BCUT2D eigenvalue weighted by molar-refractivity contribution is -0.131. The summed E-state index contributed by atoms with van der Waals surface area (Å²) in [4.78, 5) is 18.5. The molecule has 1 aromatic carbocycles. The van der Waals surface area contributed by atoms with Gasteiger partial charge in [-0.05, 0) is 43.7 Å². The van der Waals surface area contributed by atoms with Gasteiger partial charge in [0.05, 0.1) is 0 Å². The number of aromatic nitrogens is 2. The van der Waals surface area contributed by atoms with Crippen LogP contribution in [0, 0.1) is 0 Å². The van der Waals surface area contributed by atoms with E-state index in [1.54, 1.807) is 12.1 Å². The Balaban J connectivity index is 0.00000225. The Morgan fingerprint density at radius 2 is 2.04 bits per heavy atom. The first-order chi connectivity index (χ1) is 11.7. The summed E-state index contributed by atoms with van der Waals surface area (Å²) in [6, 6.07) is 7.30. The Hall–Kier alpha value is -1.63. The molecule has 0 aliphatic carbocycles. The summed E-state index contributed by atoms with van der Waals surface area (Å²) in [5.74, 6) is 1.31. The first-order valence-electron chi connectivity index (χ1n) is 8.29. The monoisotopic (exact) mass is 384 g/mol. The highest BCUT2D eigenvalue weighted by atomic mass is 35.5. The minimum absolute atomic E-state index is 0. The molecule has 0 atom stereocenters. The van der Waals surface area contributed by atoms with Gasteiger partial charge in [0.1, 0.15) is 0 Å². The topological polar surface area (TPSA) is 71.3 Å². The molecule has 3 rings (SSSR count). The molecule has 0 spiro atoms. The van der Waals surface area contributed by atoms with Crippen LogP contribution in [-0.2, 0) is 11.2 Å². The van der Waals surface area contributed by atoms with Crippen molar-refractivity contribution in [3.05, 3.63) is 35.2 Å². The van der Waals surface area contributed by atoms with Crippen LogP contribution in [0.2, 0.25) is 5.02 Å². The van der Waals surface area contributed by atoms with Crippen LogP contribution < -0.4 is 5.32 Å². The molecule has 1 aliphatic heterocycles. The van der Waals surface area contributed by atoms with Gasteiger partial charge in [0.2, 0.25) is 17.6 Å². The molecule has 1 fully saturated rings. The van der Waals surface area contributed by atoms with Crippen molar-refractivity contribution < 1.29 is 9.32 Å². The number of nitrogens with zero attached hydrogens (tertiary/aromatic N) is 3. The van der Waals surface area contributed by atoms with Gasteiger partial charge < -0.3 is 14.7 Å². The zero-order chi connectivity index (χ0) is 16.8. The van der Waals surface area contributed by atoms with Crippen molar-refractivity contribution in [3.63, 3.8) is 0 Å². The van der Waals surface area contributed by atoms with Crippen molar-refractivity contribution in [1.82, 2.24) is 20.4 Å². The Kier molecular flexibility index (Phi) is 7.68. The van der Waals surface area contributed by atoms with E-state index in [1.165, 1.54) is 0 Å². The molecule has 0 saturated carbocycles. The predicted molar refractivity (Wildman–Crippen MR) is 99.0 cm³/mol. The second kappa shape index (κ2) is 9.75. The van der Waals surface area contributed by atoms with Gasteiger partial charge in [-0.3, -0.25) is 4.79 Å². The number of hydrogen-bond acceptors (Lipinski definition) is 5. The molecule has 2 heterocycles. The number of benzene rings is 1. The molecule has 2 aromatic rings. The Morgan fingerprint density at radius 3 is 2.84 bits per heavy atom. The summed E-state index contributed by atoms with van der Waals surface area (Å²) in [5.41, 5.74) is 0.863. The fourth-order valence-electron chi connectivity index (χ4n) is 2.72. The summed E-state index contributed by atoms with van der Waals surface area (Å²) in [7, 11) is 0. The molecule has 1 aromatic heterocycles. The van der Waals surface area contributed by atoms with Crippen LogP contribution in [0.4, 0.5) is 0 Å². The number of carbonyl (C=O) groups excluding carboxylic acids is 1. The zero-order valence-electron chi connectivity index (χ0n) is 13.9. The van der Waals surface area contributed by atoms with E-state index in [9.17, 15) is 4.79 Å². The third kappa shape index (κ3) is 5.70. The summed E-state index contributed by atoms with van der Waals surface area (Å²) in [5, 5.41) is 7.95. The van der Waals surface area contributed by atoms with Crippen LogP contribution in [0.5, 0.6) is 0 Å². The number of nitrogens with one attached hydrogen (secondary N) is 1. The van der Waals surface area contributed by atoms with Crippen LogP contribution in [0.1, 0.15) is 25.2 Å². The van der Waals surface area contributed by atoms with Gasteiger partial charge in [-0.15, -0.1) is 12.4 Å². The second-order valence-corrected chi connectivity index (χ2v) is 6.29. The van der Waals surface area contributed by atoms with E-state index in [4.69, 9.17) is 16.1 Å². The predicted octanol–water partition coefficient (Wildman–Crippen LogP) is 2.96. The summed E-state index contributed by atoms with van der Waals surface area (Å²) in [6.07, 6.45) is 2.85. The van der Waals surface area contributed by atoms with E-state index in [0.29, 0.717) is 36.0 Å². The number of hydrogen-bond donors (Lipinski definition) is 1. The number of carbonyl (C=O) groups is 1. The number of halogens is 2. The Morgan fingerprint density at radius 1 is 1.24 bits per heavy atom. The van der Waals surface area contributed by atoms with Crippen LogP contribution >= 0.6 is 24.0 Å². The van der Waals surface area contributed by atoms with Gasteiger partial charge in [0.15, 0.2) is 0 Å². The van der Waals surface area contributed by atoms with E-state index >= 15 is 0 Å². The minimum atomic E-state index is 0. The van der Waals surface area contributed by atoms with E-state index < -0.39 is 0 Å². The van der Waals surface area contributed by atoms with Gasteiger partial charge >= 0.3 is 0 Å². The fourth-order valence-corrected chi connectivity index (χ4v) is 2.84. The smallest absolute Gasteiger partial charge is 0.226 e. The van der Waals surface area contributed by atoms with Crippen molar-refractivity contribution in [1.29, 1.82) is 0 Å². The molecule has 136 valence electrons. The lowest BCUT2D eigenvalue weighted by Gasteiger charge is -2.19. The molecule has 1 aliphatic rings. The van der Waals surface area contributed by atoms with E-state index in [0.717, 1.165) is 38.2 Å². The van der Waals surface area contributed by atoms with Crippen molar-refractivity contribution in [3.8, 4) is 11.4 Å². The van der Waals surface area contributed by atoms with E-state index in [1.807, 2.05) is 17.0 Å². The molecule has 8 heteroatoms. The molecule has 6 nitrogen and oxygen atoms in total. The van der Waals surface area contributed by atoms with Crippen molar-refractivity contribution in [2.45, 2.75) is 25.7 Å². The maximum atomic E-state index is 12.2. The quantitative estimate of drug-likeness (QED) is 0.857. The largest absolute Gasteiger partial charge is 0.341 e. The fraction of sp³-hybridized carbons (Fsp3) is 0.471. The first-order valence-corrected chi connectivity index (χ1v) is 8.67. The molecule has 0 radical (unpaired) electrons. The summed E-state index contributed by atoms with van der Waals surface area (Å²) < 4.78 is 5.27. The first kappa shape index (κ1) is 19.7. The van der Waals surface area contributed by atoms with E-state index in [2.05, 4.69) is 15.5 Å². The number of amides is 1. The highest BCUT2D eigenvalue weighted by Gasteiger charge is 2.15. The normalized spacial score (nSPS) is 14.7. The second-order valence-electron chi connectivity index (χ2n) is 5.86. The zero-order valence-corrected chi connectivity index (χ0v) is 15.5. The number of aryl methyl sites for hydroxylation is 1. The summed E-state index contributed by atoms with van der Waals surface area (Å²) >= 11 is 5.87. The van der Waals surface area contributed by atoms with E-state index in [-0.39, 0.29) is 18.3 Å². The molecule has 1 amide bonds. The van der Waals surface area contributed by atoms with Gasteiger partial charge in [-0.1, -0.05) is 16.8 Å². The molecule has 1 saturated heterocycles. The highest BCUT2D eigenvalue weighted by Crippen LogP contribution is 2.19. The van der Waals surface area contributed by atoms with Gasteiger partial charge in [0, 0.05) is 43.1 Å². The van der Waals surface area contributed by atoms with Gasteiger partial charge in [-0.2, -0.15) is 4.98 Å². The van der Waals surface area contributed by atoms with Crippen molar-refractivity contribution >= 4 is 29.9 Å². The molecule has 25 heavy (non-hydrogen) atoms. The van der Waals surface area contributed by atoms with Gasteiger partial charge in [-0.25, -0.2) is 0 Å². The van der Waals surface area contributed by atoms with Crippen molar-refractivity contribution in [2.75, 3.05) is 26.2 Å². The molecular weight excluding hydrogens is 363 g/mol. The third-order valence-corrected chi connectivity index (χ3v) is 4.30. The third-order valence-electron chi connectivity index (χ3n) is 4.04.